The van der Waals surface area contributed by atoms with E-state index < -0.39 is 67.9 Å². The number of nitrogens with one attached hydrogen (secondary N) is 2. The SMILES string of the molecule is N#CC1(NC(=O)[C@H](CS(=O)(=O)C(F)c2ccccn2)N[C@@H](c2ccc(F)cc2)C(F)(F)F)CC1. The average Bonchev–Trinajstić information content (AvgIpc) is 3.56. The molecule has 0 radical (unpaired) electrons. The van der Waals surface area contributed by atoms with Crippen LogP contribution < -0.4 is 10.6 Å². The van der Waals surface area contributed by atoms with Crippen LogP contribution in [0.5, 0.6) is 0 Å². The fourth-order valence-corrected chi connectivity index (χ4v) is 4.55. The number of amides is 1. The van der Waals surface area contributed by atoms with E-state index in [4.69, 9.17) is 0 Å². The second-order valence-corrected chi connectivity index (χ2v) is 9.90. The Bertz CT molecular complexity index is 1160. The molecule has 0 saturated heterocycles. The number of halogens is 5. The molecule has 1 aliphatic carbocycles. The van der Waals surface area contributed by atoms with E-state index in [1.165, 1.54) is 12.1 Å². The molecule has 1 aliphatic rings. The summed E-state index contributed by atoms with van der Waals surface area (Å²) >= 11 is 0. The molecule has 1 aromatic carbocycles. The van der Waals surface area contributed by atoms with Crippen LogP contribution in [0.2, 0.25) is 0 Å². The fraction of sp³-hybridized carbons (Fsp3) is 0.381. The summed E-state index contributed by atoms with van der Waals surface area (Å²) in [6.45, 7) is 0. The van der Waals surface area contributed by atoms with E-state index in [1.807, 2.05) is 11.4 Å². The van der Waals surface area contributed by atoms with Crippen molar-refractivity contribution in [2.75, 3.05) is 5.75 Å². The first kappa shape index (κ1) is 25.5. The molecular formula is C21H19F5N4O3S. The molecule has 0 aliphatic heterocycles. The third-order valence-corrected chi connectivity index (χ3v) is 6.85. The second-order valence-electron chi connectivity index (χ2n) is 7.83. The molecule has 0 bridgehead atoms. The van der Waals surface area contributed by atoms with Crippen molar-refractivity contribution in [3.8, 4) is 6.07 Å². The van der Waals surface area contributed by atoms with Crippen molar-refractivity contribution in [3.63, 3.8) is 0 Å². The van der Waals surface area contributed by atoms with Gasteiger partial charge in [0.15, 0.2) is 9.84 Å². The number of carbonyl (C=O) groups is 1. The number of hydrogen-bond acceptors (Lipinski definition) is 6. The Kier molecular flexibility index (Phi) is 7.23. The molecule has 1 amide bonds. The lowest BCUT2D eigenvalue weighted by Crippen LogP contribution is -2.54. The first-order valence-corrected chi connectivity index (χ1v) is 11.7. The molecule has 13 heteroatoms. The van der Waals surface area contributed by atoms with Gasteiger partial charge in [-0.25, -0.2) is 17.2 Å². The molecule has 0 spiro atoms. The highest BCUT2D eigenvalue weighted by molar-refractivity contribution is 7.91. The number of sulfone groups is 1. The van der Waals surface area contributed by atoms with Gasteiger partial charge in [-0.1, -0.05) is 18.2 Å². The normalized spacial score (nSPS) is 17.8. The largest absolute Gasteiger partial charge is 0.407 e. The van der Waals surface area contributed by atoms with Crippen molar-refractivity contribution in [3.05, 3.63) is 65.7 Å². The van der Waals surface area contributed by atoms with Crippen LogP contribution in [0.25, 0.3) is 0 Å². The smallest absolute Gasteiger partial charge is 0.336 e. The van der Waals surface area contributed by atoms with Crippen molar-refractivity contribution in [1.82, 2.24) is 15.6 Å². The molecule has 1 saturated carbocycles. The molecule has 1 unspecified atom stereocenters. The van der Waals surface area contributed by atoms with E-state index in [0.29, 0.717) is 0 Å². The Morgan fingerprint density at radius 3 is 2.32 bits per heavy atom. The minimum atomic E-state index is -5.03. The first-order valence-electron chi connectivity index (χ1n) is 9.95. The Balaban J connectivity index is 1.93. The van der Waals surface area contributed by atoms with Gasteiger partial charge in [-0.05, 0) is 42.7 Å². The van der Waals surface area contributed by atoms with Gasteiger partial charge in [0.1, 0.15) is 23.4 Å². The van der Waals surface area contributed by atoms with Gasteiger partial charge in [0.2, 0.25) is 11.4 Å². The standard InChI is InChI=1S/C21H19F5N4O3S/c22-14-6-4-13(5-7-14)17(21(24,25)26)29-16(19(31)30-20(12-27)8-9-20)11-34(32,33)18(23)15-3-1-2-10-28-15/h1-7,10,16-18,29H,8-9,11H2,(H,30,31)/t16-,17-,18?/m0/s1. The lowest BCUT2D eigenvalue weighted by atomic mass is 10.0. The summed E-state index contributed by atoms with van der Waals surface area (Å²) in [7, 11) is -4.84. The molecule has 3 rings (SSSR count). The Labute approximate surface area is 191 Å². The van der Waals surface area contributed by atoms with Gasteiger partial charge in [0.25, 0.3) is 0 Å². The summed E-state index contributed by atoms with van der Waals surface area (Å²) in [5.74, 6) is -3.37. The zero-order chi connectivity index (χ0) is 25.1. The zero-order valence-corrected chi connectivity index (χ0v) is 18.2. The molecule has 1 aromatic heterocycles. The van der Waals surface area contributed by atoms with Gasteiger partial charge >= 0.3 is 6.18 Å². The number of pyridine rings is 1. The summed E-state index contributed by atoms with van der Waals surface area (Å²) < 4.78 is 94.8. The lowest BCUT2D eigenvalue weighted by Gasteiger charge is -2.28. The fourth-order valence-electron chi connectivity index (χ4n) is 3.16. The van der Waals surface area contributed by atoms with E-state index >= 15 is 0 Å². The Morgan fingerprint density at radius 2 is 1.82 bits per heavy atom. The summed E-state index contributed by atoms with van der Waals surface area (Å²) in [6.07, 6.45) is -3.43. The van der Waals surface area contributed by atoms with E-state index in [1.54, 1.807) is 0 Å². The number of nitrogens with zero attached hydrogens (tertiary/aromatic N) is 2. The monoisotopic (exact) mass is 502 g/mol. The Hall–Kier alpha value is -3.11. The third kappa shape index (κ3) is 6.06. The number of benzene rings is 1. The quantitative estimate of drug-likeness (QED) is 0.510. The van der Waals surface area contributed by atoms with Gasteiger partial charge in [0.05, 0.1) is 17.5 Å². The molecule has 182 valence electrons. The van der Waals surface area contributed by atoms with Crippen LogP contribution >= 0.6 is 0 Å². The van der Waals surface area contributed by atoms with E-state index in [-0.39, 0.29) is 12.8 Å². The van der Waals surface area contributed by atoms with Crippen LogP contribution in [0.3, 0.4) is 0 Å². The van der Waals surface area contributed by atoms with Gasteiger partial charge in [-0.15, -0.1) is 0 Å². The predicted molar refractivity (Wildman–Crippen MR) is 110 cm³/mol. The Morgan fingerprint density at radius 1 is 1.18 bits per heavy atom. The van der Waals surface area contributed by atoms with Crippen LogP contribution in [0.4, 0.5) is 22.0 Å². The van der Waals surface area contributed by atoms with Crippen LogP contribution in [-0.4, -0.2) is 42.8 Å². The maximum Gasteiger partial charge on any atom is 0.407 e. The van der Waals surface area contributed by atoms with Crippen LogP contribution in [-0.2, 0) is 14.6 Å². The van der Waals surface area contributed by atoms with Crippen molar-refractivity contribution in [2.45, 2.75) is 42.1 Å². The average molecular weight is 502 g/mol. The van der Waals surface area contributed by atoms with Gasteiger partial charge in [0, 0.05) is 6.20 Å². The summed E-state index contributed by atoms with van der Waals surface area (Å²) in [6, 6.07) is 4.16. The summed E-state index contributed by atoms with van der Waals surface area (Å²) in [4.78, 5) is 16.4. The van der Waals surface area contributed by atoms with Crippen molar-refractivity contribution in [1.29, 1.82) is 5.26 Å². The predicted octanol–water partition coefficient (Wildman–Crippen LogP) is 3.04. The highest BCUT2D eigenvalue weighted by Crippen LogP contribution is 2.36. The zero-order valence-electron chi connectivity index (χ0n) is 17.4. The number of aromatic nitrogens is 1. The highest BCUT2D eigenvalue weighted by Gasteiger charge is 2.48. The third-order valence-electron chi connectivity index (χ3n) is 5.18. The summed E-state index contributed by atoms with van der Waals surface area (Å²) in [5.41, 5.74) is -5.01. The molecule has 34 heavy (non-hydrogen) atoms. The number of carbonyl (C=O) groups excluding carboxylic acids is 1. The number of alkyl halides is 4. The molecule has 2 aromatic rings. The summed E-state index contributed by atoms with van der Waals surface area (Å²) in [5, 5.41) is 13.4. The number of hydrogen-bond donors (Lipinski definition) is 2. The van der Waals surface area contributed by atoms with Crippen molar-refractivity contribution >= 4 is 15.7 Å². The minimum absolute atomic E-state index is 0.231. The van der Waals surface area contributed by atoms with Crippen LogP contribution in [0.15, 0.2) is 48.7 Å². The van der Waals surface area contributed by atoms with E-state index in [0.717, 1.165) is 36.5 Å². The van der Waals surface area contributed by atoms with Gasteiger partial charge in [-0.2, -0.15) is 18.4 Å². The maximum absolute atomic E-state index is 14.8. The van der Waals surface area contributed by atoms with Crippen molar-refractivity contribution in [2.24, 2.45) is 0 Å². The lowest BCUT2D eigenvalue weighted by molar-refractivity contribution is -0.160. The molecule has 1 heterocycles. The first-order chi connectivity index (χ1) is 15.9. The number of rotatable bonds is 9. The second kappa shape index (κ2) is 9.63. The topological polar surface area (TPSA) is 112 Å². The van der Waals surface area contributed by atoms with Crippen LogP contribution in [0.1, 0.15) is 35.6 Å². The molecule has 2 N–H and O–H groups in total. The molecule has 7 nitrogen and oxygen atoms in total. The highest BCUT2D eigenvalue weighted by atomic mass is 32.2. The molecule has 1 fully saturated rings. The minimum Gasteiger partial charge on any atom is -0.336 e. The van der Waals surface area contributed by atoms with E-state index in [9.17, 15) is 40.4 Å². The van der Waals surface area contributed by atoms with Gasteiger partial charge in [-0.3, -0.25) is 15.1 Å². The van der Waals surface area contributed by atoms with Crippen molar-refractivity contribution < 1.29 is 35.2 Å². The molecular weight excluding hydrogens is 483 g/mol. The van der Waals surface area contributed by atoms with E-state index in [2.05, 4.69) is 10.3 Å². The van der Waals surface area contributed by atoms with Gasteiger partial charge < -0.3 is 5.32 Å². The number of nitriles is 1. The molecule has 3 atom stereocenters. The maximum atomic E-state index is 14.8. The van der Waals surface area contributed by atoms with Crippen LogP contribution in [0, 0.1) is 17.1 Å².